The number of ether oxygens (including phenoxy) is 3. The highest BCUT2D eigenvalue weighted by Gasteiger charge is 2.41. The van der Waals surface area contributed by atoms with Gasteiger partial charge < -0.3 is 18.8 Å². The molecule has 1 heterocycles. The van der Waals surface area contributed by atoms with Crippen LogP contribution < -0.4 is 0 Å². The van der Waals surface area contributed by atoms with Crippen LogP contribution in [0.1, 0.15) is 47.2 Å². The Morgan fingerprint density at radius 2 is 1.56 bits per heavy atom. The summed E-state index contributed by atoms with van der Waals surface area (Å²) in [5.74, 6) is -0.861. The standard InChI is InChI=1S/C23H31N3O8/c1-14-11-15-12-16(26(30)31)9-10-17(15)24(14)13-18(19(27)32-8)25(20(28)33-22(2,3)4)21(29)34-23(5,6)7/h9-12,18H,13H2,1-8H3/t18-/m0/s1. The van der Waals surface area contributed by atoms with Crippen LogP contribution in [-0.4, -0.2) is 56.9 Å². The highest BCUT2D eigenvalue weighted by atomic mass is 16.6. The quantitative estimate of drug-likeness (QED) is 0.265. The fourth-order valence-corrected chi connectivity index (χ4v) is 3.27. The zero-order chi connectivity index (χ0) is 26.0. The van der Waals surface area contributed by atoms with E-state index >= 15 is 0 Å². The molecule has 2 aromatic rings. The van der Waals surface area contributed by atoms with Crippen molar-refractivity contribution in [2.75, 3.05) is 7.11 Å². The van der Waals surface area contributed by atoms with E-state index in [4.69, 9.17) is 14.2 Å². The van der Waals surface area contributed by atoms with Crippen molar-refractivity contribution < 1.29 is 33.5 Å². The van der Waals surface area contributed by atoms with Crippen molar-refractivity contribution in [3.63, 3.8) is 0 Å². The average molecular weight is 478 g/mol. The topological polar surface area (TPSA) is 130 Å². The van der Waals surface area contributed by atoms with E-state index in [-0.39, 0.29) is 12.2 Å². The van der Waals surface area contributed by atoms with Crippen molar-refractivity contribution in [2.45, 2.75) is 72.3 Å². The van der Waals surface area contributed by atoms with Crippen LogP contribution in [0.4, 0.5) is 15.3 Å². The minimum absolute atomic E-state index is 0.0849. The van der Waals surface area contributed by atoms with Gasteiger partial charge in [0, 0.05) is 28.7 Å². The van der Waals surface area contributed by atoms with Gasteiger partial charge in [-0.05, 0) is 60.6 Å². The molecular weight excluding hydrogens is 446 g/mol. The number of fused-ring (bicyclic) bond motifs is 1. The van der Waals surface area contributed by atoms with Gasteiger partial charge in [0.2, 0.25) is 0 Å². The number of carbonyl (C=O) groups excluding carboxylic acids is 3. The van der Waals surface area contributed by atoms with Crippen LogP contribution in [0.15, 0.2) is 24.3 Å². The van der Waals surface area contributed by atoms with Crippen molar-refractivity contribution in [1.82, 2.24) is 9.47 Å². The summed E-state index contributed by atoms with van der Waals surface area (Å²) in [6, 6.07) is 4.57. The molecule has 34 heavy (non-hydrogen) atoms. The van der Waals surface area contributed by atoms with E-state index in [2.05, 4.69) is 0 Å². The molecule has 1 atom stereocenters. The number of aromatic nitrogens is 1. The van der Waals surface area contributed by atoms with E-state index in [0.29, 0.717) is 21.5 Å². The zero-order valence-corrected chi connectivity index (χ0v) is 20.7. The molecule has 2 amide bonds. The summed E-state index contributed by atoms with van der Waals surface area (Å²) in [5.41, 5.74) is -0.763. The Morgan fingerprint density at radius 3 is 2.00 bits per heavy atom. The van der Waals surface area contributed by atoms with E-state index < -0.39 is 40.3 Å². The van der Waals surface area contributed by atoms with Crippen LogP contribution in [0.25, 0.3) is 10.9 Å². The zero-order valence-electron chi connectivity index (χ0n) is 20.7. The van der Waals surface area contributed by atoms with Crippen molar-refractivity contribution in [1.29, 1.82) is 0 Å². The molecule has 11 nitrogen and oxygen atoms in total. The lowest BCUT2D eigenvalue weighted by molar-refractivity contribution is -0.384. The second-order valence-corrected chi connectivity index (χ2v) is 9.77. The number of methoxy groups -OCH3 is 1. The predicted octanol–water partition coefficient (Wildman–Crippen LogP) is 4.57. The lowest BCUT2D eigenvalue weighted by atomic mass is 10.2. The molecule has 11 heteroatoms. The first kappa shape index (κ1) is 26.6. The number of hydrogen-bond acceptors (Lipinski definition) is 8. The molecule has 1 aromatic heterocycles. The molecule has 0 fully saturated rings. The Morgan fingerprint density at radius 1 is 1.03 bits per heavy atom. The second-order valence-electron chi connectivity index (χ2n) is 9.77. The van der Waals surface area contributed by atoms with Gasteiger partial charge in [-0.25, -0.2) is 14.4 Å². The van der Waals surface area contributed by atoms with Crippen molar-refractivity contribution >= 4 is 34.7 Å². The molecule has 0 unspecified atom stereocenters. The van der Waals surface area contributed by atoms with E-state index in [1.807, 2.05) is 0 Å². The molecular formula is C23H31N3O8. The normalized spacial score (nSPS) is 12.7. The maximum Gasteiger partial charge on any atom is 0.420 e. The summed E-state index contributed by atoms with van der Waals surface area (Å²) >= 11 is 0. The van der Waals surface area contributed by atoms with Crippen LogP contribution >= 0.6 is 0 Å². The number of nitro groups is 1. The van der Waals surface area contributed by atoms with Crippen molar-refractivity contribution in [3.8, 4) is 0 Å². The Hall–Kier alpha value is -3.63. The van der Waals surface area contributed by atoms with E-state index in [1.165, 1.54) is 12.1 Å². The molecule has 0 spiro atoms. The SMILES string of the molecule is COC(=O)[C@H](Cn1c(C)cc2cc([N+](=O)[O-])ccc21)N(C(=O)OC(C)(C)C)C(=O)OC(C)(C)C. The minimum Gasteiger partial charge on any atom is -0.467 e. The Bertz CT molecular complexity index is 1080. The highest BCUT2D eigenvalue weighted by molar-refractivity contribution is 5.94. The van der Waals surface area contributed by atoms with Gasteiger partial charge in [0.15, 0.2) is 6.04 Å². The second kappa shape index (κ2) is 9.70. The van der Waals surface area contributed by atoms with E-state index in [0.717, 1.165) is 7.11 Å². The molecule has 2 rings (SSSR count). The lowest BCUT2D eigenvalue weighted by Gasteiger charge is -2.32. The van der Waals surface area contributed by atoms with E-state index in [9.17, 15) is 24.5 Å². The van der Waals surface area contributed by atoms with Gasteiger partial charge in [-0.1, -0.05) is 0 Å². The monoisotopic (exact) mass is 477 g/mol. The third kappa shape index (κ3) is 6.46. The van der Waals surface area contributed by atoms with Gasteiger partial charge in [0.25, 0.3) is 5.69 Å². The van der Waals surface area contributed by atoms with Crippen molar-refractivity contribution in [3.05, 3.63) is 40.1 Å². The number of hydrogen-bond donors (Lipinski definition) is 0. The maximum atomic E-state index is 13.1. The first-order valence-electron chi connectivity index (χ1n) is 10.6. The number of nitro benzene ring substituents is 1. The molecule has 186 valence electrons. The summed E-state index contributed by atoms with van der Waals surface area (Å²) in [4.78, 5) is 50.2. The van der Waals surface area contributed by atoms with E-state index in [1.54, 1.807) is 65.2 Å². The first-order chi connectivity index (χ1) is 15.5. The van der Waals surface area contributed by atoms with Crippen LogP contribution in [0.2, 0.25) is 0 Å². The summed E-state index contributed by atoms with van der Waals surface area (Å²) in [5, 5.41) is 11.7. The number of imide groups is 1. The number of benzene rings is 1. The number of non-ortho nitro benzene ring substituents is 1. The summed E-state index contributed by atoms with van der Waals surface area (Å²) < 4.78 is 17.3. The summed E-state index contributed by atoms with van der Waals surface area (Å²) in [7, 11) is 1.14. The largest absolute Gasteiger partial charge is 0.467 e. The maximum absolute atomic E-state index is 13.1. The molecule has 0 radical (unpaired) electrons. The molecule has 0 aliphatic rings. The van der Waals surface area contributed by atoms with Gasteiger partial charge in [0.1, 0.15) is 11.2 Å². The number of rotatable bonds is 5. The molecule has 0 aliphatic heterocycles. The molecule has 0 bridgehead atoms. The van der Waals surface area contributed by atoms with Crippen LogP contribution in [0.3, 0.4) is 0 Å². The van der Waals surface area contributed by atoms with Gasteiger partial charge in [-0.15, -0.1) is 0 Å². The molecule has 0 saturated heterocycles. The van der Waals surface area contributed by atoms with Gasteiger partial charge >= 0.3 is 18.2 Å². The smallest absolute Gasteiger partial charge is 0.420 e. The van der Waals surface area contributed by atoms with Crippen LogP contribution in [-0.2, 0) is 25.5 Å². The molecule has 1 aromatic carbocycles. The Labute approximate surface area is 197 Å². The third-order valence-corrected chi connectivity index (χ3v) is 4.62. The summed E-state index contributed by atoms with van der Waals surface area (Å²) in [6.45, 7) is 11.3. The Kier molecular flexibility index (Phi) is 7.59. The fourth-order valence-electron chi connectivity index (χ4n) is 3.27. The molecule has 0 aliphatic carbocycles. The van der Waals surface area contributed by atoms with Crippen LogP contribution in [0.5, 0.6) is 0 Å². The highest BCUT2D eigenvalue weighted by Crippen LogP contribution is 2.26. The fraction of sp³-hybridized carbons (Fsp3) is 0.522. The predicted molar refractivity (Wildman–Crippen MR) is 123 cm³/mol. The minimum atomic E-state index is -1.43. The third-order valence-electron chi connectivity index (χ3n) is 4.62. The molecule has 0 saturated carbocycles. The van der Waals surface area contributed by atoms with Gasteiger partial charge in [-0.3, -0.25) is 10.1 Å². The van der Waals surface area contributed by atoms with Crippen LogP contribution in [0, 0.1) is 17.0 Å². The summed E-state index contributed by atoms with van der Waals surface area (Å²) in [6.07, 6.45) is -2.14. The van der Waals surface area contributed by atoms with Gasteiger partial charge in [0.05, 0.1) is 18.6 Å². The molecule has 0 N–H and O–H groups in total. The average Bonchev–Trinajstić information content (AvgIpc) is 2.98. The number of esters is 1. The number of aryl methyl sites for hydroxylation is 1. The number of nitrogens with zero attached hydrogens (tertiary/aromatic N) is 3. The lowest BCUT2D eigenvalue weighted by Crippen LogP contribution is -2.53. The number of carbonyl (C=O) groups is 3. The Balaban J connectivity index is 2.58. The number of amides is 2. The van der Waals surface area contributed by atoms with Crippen molar-refractivity contribution in [2.24, 2.45) is 0 Å². The first-order valence-corrected chi connectivity index (χ1v) is 10.6. The van der Waals surface area contributed by atoms with Gasteiger partial charge in [-0.2, -0.15) is 4.90 Å².